The zero-order valence-electron chi connectivity index (χ0n) is 12.0. The van der Waals surface area contributed by atoms with Gasteiger partial charge in [0.2, 0.25) is 0 Å². The van der Waals surface area contributed by atoms with Crippen molar-refractivity contribution in [1.82, 2.24) is 10.2 Å². The summed E-state index contributed by atoms with van der Waals surface area (Å²) >= 11 is 0. The average Bonchev–Trinajstić information content (AvgIpc) is 2.40. The van der Waals surface area contributed by atoms with Crippen LogP contribution in [0.1, 0.15) is 31.9 Å². The lowest BCUT2D eigenvalue weighted by Gasteiger charge is -2.40. The molecule has 0 radical (unpaired) electrons. The summed E-state index contributed by atoms with van der Waals surface area (Å²) in [4.78, 5) is 2.29. The number of hydrogen-bond acceptors (Lipinski definition) is 2. The van der Waals surface area contributed by atoms with E-state index in [1.54, 1.807) is 0 Å². The van der Waals surface area contributed by atoms with Gasteiger partial charge in [-0.15, -0.1) is 0 Å². The first kappa shape index (κ1) is 14.5. The van der Waals surface area contributed by atoms with Gasteiger partial charge in [0.1, 0.15) is 6.67 Å². The van der Waals surface area contributed by atoms with Gasteiger partial charge in [-0.3, -0.25) is 4.90 Å². The number of benzene rings is 1. The van der Waals surface area contributed by atoms with Crippen LogP contribution in [-0.2, 0) is 0 Å². The van der Waals surface area contributed by atoms with Crippen molar-refractivity contribution < 1.29 is 4.39 Å². The molecular weight excluding hydrogens is 239 g/mol. The van der Waals surface area contributed by atoms with Gasteiger partial charge in [-0.2, -0.15) is 0 Å². The maximum absolute atomic E-state index is 12.8. The third kappa shape index (κ3) is 4.02. The van der Waals surface area contributed by atoms with Crippen molar-refractivity contribution in [3.05, 3.63) is 35.9 Å². The first-order valence-electron chi connectivity index (χ1n) is 7.29. The Bertz CT molecular complexity index is 366. The smallest absolute Gasteiger partial charge is 0.102 e. The highest BCUT2D eigenvalue weighted by atomic mass is 19.1. The van der Waals surface area contributed by atoms with Crippen LogP contribution in [0.25, 0.3) is 0 Å². The van der Waals surface area contributed by atoms with Crippen molar-refractivity contribution in [3.8, 4) is 0 Å². The molecule has 19 heavy (non-hydrogen) atoms. The van der Waals surface area contributed by atoms with E-state index in [0.29, 0.717) is 24.5 Å². The number of alkyl halides is 1. The summed E-state index contributed by atoms with van der Waals surface area (Å²) < 4.78 is 12.8. The van der Waals surface area contributed by atoms with E-state index >= 15 is 0 Å². The molecule has 0 bridgehead atoms. The molecule has 0 amide bonds. The van der Waals surface area contributed by atoms with E-state index < -0.39 is 0 Å². The number of nitrogens with one attached hydrogen (secondary N) is 1. The third-order valence-corrected chi connectivity index (χ3v) is 3.81. The summed E-state index contributed by atoms with van der Waals surface area (Å²) in [6, 6.07) is 11.2. The van der Waals surface area contributed by atoms with Gasteiger partial charge < -0.3 is 5.32 Å². The lowest BCUT2D eigenvalue weighted by molar-refractivity contribution is 0.114. The Kier molecular flexibility index (Phi) is 5.34. The van der Waals surface area contributed by atoms with Gasteiger partial charge in [0.15, 0.2) is 0 Å². The SMILES string of the molecule is CC(C)CC1CN(CCF)C(c2ccccc2)CN1. The van der Waals surface area contributed by atoms with Crippen LogP contribution in [0.15, 0.2) is 30.3 Å². The second kappa shape index (κ2) is 7.01. The van der Waals surface area contributed by atoms with Crippen LogP contribution in [0.2, 0.25) is 0 Å². The van der Waals surface area contributed by atoms with Crippen LogP contribution >= 0.6 is 0 Å². The zero-order valence-corrected chi connectivity index (χ0v) is 12.0. The molecule has 1 aromatic carbocycles. The Hall–Kier alpha value is -0.930. The highest BCUT2D eigenvalue weighted by Crippen LogP contribution is 2.24. The minimum Gasteiger partial charge on any atom is -0.311 e. The molecule has 1 fully saturated rings. The topological polar surface area (TPSA) is 15.3 Å². The third-order valence-electron chi connectivity index (χ3n) is 3.81. The molecule has 106 valence electrons. The van der Waals surface area contributed by atoms with E-state index in [1.807, 2.05) is 6.07 Å². The van der Waals surface area contributed by atoms with E-state index in [0.717, 1.165) is 19.5 Å². The maximum atomic E-state index is 12.8. The monoisotopic (exact) mass is 264 g/mol. The van der Waals surface area contributed by atoms with E-state index in [1.165, 1.54) is 5.56 Å². The molecular formula is C16H25FN2. The molecule has 1 aliphatic rings. The summed E-state index contributed by atoms with van der Waals surface area (Å²) in [5.41, 5.74) is 1.28. The molecule has 2 unspecified atom stereocenters. The highest BCUT2D eigenvalue weighted by Gasteiger charge is 2.28. The Morgan fingerprint density at radius 3 is 2.68 bits per heavy atom. The highest BCUT2D eigenvalue weighted by molar-refractivity contribution is 5.20. The van der Waals surface area contributed by atoms with E-state index in [-0.39, 0.29) is 6.67 Å². The number of rotatable bonds is 5. The fourth-order valence-electron chi connectivity index (χ4n) is 2.97. The first-order chi connectivity index (χ1) is 9.20. The molecule has 1 N–H and O–H groups in total. The Labute approximate surface area is 116 Å². The summed E-state index contributed by atoms with van der Waals surface area (Å²) in [6.45, 7) is 6.62. The molecule has 1 heterocycles. The van der Waals surface area contributed by atoms with Gasteiger partial charge in [-0.05, 0) is 17.9 Å². The standard InChI is InChI=1S/C16H25FN2/c1-13(2)10-15-12-19(9-8-17)16(11-18-15)14-6-4-3-5-7-14/h3-7,13,15-16,18H,8-12H2,1-2H3. The van der Waals surface area contributed by atoms with Crippen molar-refractivity contribution in [2.24, 2.45) is 5.92 Å². The van der Waals surface area contributed by atoms with Crippen LogP contribution in [0.3, 0.4) is 0 Å². The Balaban J connectivity index is 2.04. The van der Waals surface area contributed by atoms with Crippen molar-refractivity contribution in [2.75, 3.05) is 26.3 Å². The largest absolute Gasteiger partial charge is 0.311 e. The second-order valence-corrected chi connectivity index (χ2v) is 5.85. The molecule has 2 rings (SSSR count). The molecule has 0 saturated carbocycles. The van der Waals surface area contributed by atoms with Gasteiger partial charge in [-0.25, -0.2) is 4.39 Å². The van der Waals surface area contributed by atoms with Crippen molar-refractivity contribution in [1.29, 1.82) is 0 Å². The van der Waals surface area contributed by atoms with Crippen molar-refractivity contribution in [3.63, 3.8) is 0 Å². The Morgan fingerprint density at radius 1 is 1.32 bits per heavy atom. The number of halogens is 1. The molecule has 1 aromatic rings. The minimum atomic E-state index is -0.266. The second-order valence-electron chi connectivity index (χ2n) is 5.85. The van der Waals surface area contributed by atoms with Crippen molar-refractivity contribution >= 4 is 0 Å². The van der Waals surface area contributed by atoms with E-state index in [4.69, 9.17) is 0 Å². The van der Waals surface area contributed by atoms with Gasteiger partial charge in [0.05, 0.1) is 0 Å². The van der Waals surface area contributed by atoms with Gasteiger partial charge in [0, 0.05) is 31.7 Å². The molecule has 2 atom stereocenters. The van der Waals surface area contributed by atoms with Gasteiger partial charge in [-0.1, -0.05) is 44.2 Å². The lowest BCUT2D eigenvalue weighted by atomic mass is 9.96. The summed E-state index contributed by atoms with van der Waals surface area (Å²) in [5.74, 6) is 0.679. The molecule has 0 spiro atoms. The minimum absolute atomic E-state index is 0.266. The number of hydrogen-bond donors (Lipinski definition) is 1. The molecule has 2 nitrogen and oxygen atoms in total. The molecule has 3 heteroatoms. The van der Waals surface area contributed by atoms with Crippen molar-refractivity contribution in [2.45, 2.75) is 32.4 Å². The quantitative estimate of drug-likeness (QED) is 0.879. The van der Waals surface area contributed by atoms with Crippen LogP contribution in [0.5, 0.6) is 0 Å². The predicted octanol–water partition coefficient (Wildman–Crippen LogP) is 3.02. The van der Waals surface area contributed by atoms with Gasteiger partial charge in [0.25, 0.3) is 0 Å². The van der Waals surface area contributed by atoms with Crippen LogP contribution in [-0.4, -0.2) is 37.3 Å². The van der Waals surface area contributed by atoms with Crippen LogP contribution in [0.4, 0.5) is 4.39 Å². The molecule has 0 aromatic heterocycles. The summed E-state index contributed by atoms with van der Waals surface area (Å²) in [6.07, 6.45) is 1.16. The number of nitrogens with zero attached hydrogens (tertiary/aromatic N) is 1. The van der Waals surface area contributed by atoms with E-state index in [9.17, 15) is 4.39 Å². The molecule has 1 aliphatic heterocycles. The molecule has 1 saturated heterocycles. The molecule has 0 aliphatic carbocycles. The summed E-state index contributed by atoms with van der Waals surface area (Å²) in [5, 5.41) is 3.62. The van der Waals surface area contributed by atoms with Crippen LogP contribution in [0, 0.1) is 5.92 Å². The predicted molar refractivity (Wildman–Crippen MR) is 78.0 cm³/mol. The zero-order chi connectivity index (χ0) is 13.7. The number of piperazine rings is 1. The first-order valence-corrected chi connectivity index (χ1v) is 7.29. The van der Waals surface area contributed by atoms with Gasteiger partial charge >= 0.3 is 0 Å². The fourth-order valence-corrected chi connectivity index (χ4v) is 2.97. The lowest BCUT2D eigenvalue weighted by Crippen LogP contribution is -2.53. The van der Waals surface area contributed by atoms with E-state index in [2.05, 4.69) is 48.3 Å². The fraction of sp³-hybridized carbons (Fsp3) is 0.625. The normalized spacial score (nSPS) is 24.8. The maximum Gasteiger partial charge on any atom is 0.102 e. The average molecular weight is 264 g/mol. The Morgan fingerprint density at radius 2 is 2.05 bits per heavy atom. The summed E-state index contributed by atoms with van der Waals surface area (Å²) in [7, 11) is 0. The van der Waals surface area contributed by atoms with Crippen LogP contribution < -0.4 is 5.32 Å².